The van der Waals surface area contributed by atoms with Crippen LogP contribution in [0.15, 0.2) is 0 Å². The smallest absolute Gasteiger partial charge is 0.202 e. The predicted molar refractivity (Wildman–Crippen MR) is 64.0 cm³/mol. The van der Waals surface area contributed by atoms with Crippen molar-refractivity contribution in [2.45, 2.75) is 46.5 Å². The summed E-state index contributed by atoms with van der Waals surface area (Å²) in [6, 6.07) is 0. The van der Waals surface area contributed by atoms with Gasteiger partial charge in [0.05, 0.1) is 0 Å². The highest BCUT2D eigenvalue weighted by molar-refractivity contribution is 7.87. The van der Waals surface area contributed by atoms with Crippen molar-refractivity contribution in [3.8, 4) is 0 Å². The van der Waals surface area contributed by atoms with Gasteiger partial charge in [-0.2, -0.15) is 12.7 Å². The molecular formula is C10H24N2O2S. The highest BCUT2D eigenvalue weighted by atomic mass is 32.2. The van der Waals surface area contributed by atoms with Crippen molar-refractivity contribution in [1.29, 1.82) is 0 Å². The summed E-state index contributed by atoms with van der Waals surface area (Å²) in [5, 5.41) is 0. The fourth-order valence-corrected chi connectivity index (χ4v) is 2.67. The van der Waals surface area contributed by atoms with Gasteiger partial charge < -0.3 is 0 Å². The second-order valence-corrected chi connectivity index (χ2v) is 5.30. The topological polar surface area (TPSA) is 49.4 Å². The lowest BCUT2D eigenvalue weighted by Crippen LogP contribution is -2.40. The van der Waals surface area contributed by atoms with Crippen LogP contribution in [-0.2, 0) is 10.2 Å². The minimum Gasteiger partial charge on any atom is -0.202 e. The zero-order chi connectivity index (χ0) is 11.7. The van der Waals surface area contributed by atoms with Gasteiger partial charge in [-0.25, -0.2) is 4.72 Å². The van der Waals surface area contributed by atoms with Gasteiger partial charge in [0.1, 0.15) is 0 Å². The monoisotopic (exact) mass is 236 g/mol. The van der Waals surface area contributed by atoms with Crippen molar-refractivity contribution in [3.63, 3.8) is 0 Å². The van der Waals surface area contributed by atoms with Gasteiger partial charge in [-0.1, -0.05) is 40.0 Å². The highest BCUT2D eigenvalue weighted by Gasteiger charge is 2.16. The van der Waals surface area contributed by atoms with E-state index >= 15 is 0 Å². The van der Waals surface area contributed by atoms with E-state index in [0.29, 0.717) is 19.6 Å². The Kier molecular flexibility index (Phi) is 8.00. The van der Waals surface area contributed by atoms with Gasteiger partial charge in [0.2, 0.25) is 0 Å². The lowest BCUT2D eigenvalue weighted by molar-refractivity contribution is 0.434. The van der Waals surface area contributed by atoms with E-state index in [1.165, 1.54) is 17.1 Å². The third kappa shape index (κ3) is 6.12. The average molecular weight is 236 g/mol. The maximum Gasteiger partial charge on any atom is 0.279 e. The normalized spacial score (nSPS) is 12.3. The molecule has 0 aromatic rings. The van der Waals surface area contributed by atoms with Crippen LogP contribution in [0.25, 0.3) is 0 Å². The molecule has 0 heterocycles. The SMILES string of the molecule is CCCCCCNS(=O)(=O)N(CC)CC. The van der Waals surface area contributed by atoms with Crippen LogP contribution >= 0.6 is 0 Å². The van der Waals surface area contributed by atoms with Crippen molar-refractivity contribution >= 4 is 10.2 Å². The first-order valence-corrected chi connectivity index (χ1v) is 7.27. The molecule has 92 valence electrons. The summed E-state index contributed by atoms with van der Waals surface area (Å²) >= 11 is 0. The van der Waals surface area contributed by atoms with Crippen molar-refractivity contribution in [3.05, 3.63) is 0 Å². The zero-order valence-electron chi connectivity index (χ0n) is 10.1. The van der Waals surface area contributed by atoms with E-state index < -0.39 is 10.2 Å². The second-order valence-electron chi connectivity index (χ2n) is 3.54. The summed E-state index contributed by atoms with van der Waals surface area (Å²) < 4.78 is 27.3. The molecule has 15 heavy (non-hydrogen) atoms. The number of hydrogen-bond donors (Lipinski definition) is 1. The summed E-state index contributed by atoms with van der Waals surface area (Å²) in [5.41, 5.74) is 0. The van der Waals surface area contributed by atoms with Gasteiger partial charge in [0.25, 0.3) is 10.2 Å². The molecule has 0 radical (unpaired) electrons. The van der Waals surface area contributed by atoms with Gasteiger partial charge in [-0.15, -0.1) is 0 Å². The lowest BCUT2D eigenvalue weighted by Gasteiger charge is -2.18. The molecule has 0 amide bonds. The Labute approximate surface area is 94.2 Å². The zero-order valence-corrected chi connectivity index (χ0v) is 10.9. The first kappa shape index (κ1) is 14.9. The Hall–Kier alpha value is -0.130. The molecule has 4 nitrogen and oxygen atoms in total. The van der Waals surface area contributed by atoms with Crippen LogP contribution < -0.4 is 4.72 Å². The third-order valence-electron chi connectivity index (χ3n) is 2.36. The molecule has 0 unspecified atom stereocenters. The molecule has 0 saturated carbocycles. The Bertz CT molecular complexity index is 236. The molecule has 0 fully saturated rings. The molecule has 0 rings (SSSR count). The van der Waals surface area contributed by atoms with Crippen LogP contribution in [0, 0.1) is 0 Å². The maximum atomic E-state index is 11.6. The number of rotatable bonds is 9. The molecular weight excluding hydrogens is 212 g/mol. The van der Waals surface area contributed by atoms with E-state index in [1.54, 1.807) is 0 Å². The van der Waals surface area contributed by atoms with E-state index in [-0.39, 0.29) is 0 Å². The molecule has 1 N–H and O–H groups in total. The minimum absolute atomic E-state index is 0.529. The van der Waals surface area contributed by atoms with Crippen LogP contribution in [0.5, 0.6) is 0 Å². The van der Waals surface area contributed by atoms with E-state index in [0.717, 1.165) is 12.8 Å². The molecule has 0 aliphatic carbocycles. The molecule has 0 bridgehead atoms. The molecule has 0 atom stereocenters. The van der Waals surface area contributed by atoms with Crippen LogP contribution in [-0.4, -0.2) is 32.4 Å². The molecule has 0 aromatic carbocycles. The Morgan fingerprint density at radius 2 is 1.60 bits per heavy atom. The minimum atomic E-state index is -3.23. The second kappa shape index (κ2) is 8.07. The fraction of sp³-hybridized carbons (Fsp3) is 1.00. The largest absolute Gasteiger partial charge is 0.279 e. The highest BCUT2D eigenvalue weighted by Crippen LogP contribution is 2.00. The summed E-state index contributed by atoms with van der Waals surface area (Å²) in [6.45, 7) is 7.44. The Morgan fingerprint density at radius 1 is 1.00 bits per heavy atom. The van der Waals surface area contributed by atoms with Gasteiger partial charge in [-0.05, 0) is 6.42 Å². The summed E-state index contributed by atoms with van der Waals surface area (Å²) in [7, 11) is -3.23. The molecule has 0 aliphatic rings. The van der Waals surface area contributed by atoms with Crippen LogP contribution in [0.2, 0.25) is 0 Å². The average Bonchev–Trinajstić information content (AvgIpc) is 2.18. The van der Waals surface area contributed by atoms with Gasteiger partial charge in [-0.3, -0.25) is 0 Å². The summed E-state index contributed by atoms with van der Waals surface area (Å²) in [6.07, 6.45) is 4.36. The molecule has 5 heteroatoms. The maximum absolute atomic E-state index is 11.6. The molecule has 0 spiro atoms. The molecule has 0 aliphatic heterocycles. The van der Waals surface area contributed by atoms with Gasteiger partial charge >= 0.3 is 0 Å². The van der Waals surface area contributed by atoms with Crippen molar-refractivity contribution in [1.82, 2.24) is 9.03 Å². The van der Waals surface area contributed by atoms with E-state index in [9.17, 15) is 8.42 Å². The van der Waals surface area contributed by atoms with Gasteiger partial charge in [0.15, 0.2) is 0 Å². The standard InChI is InChI=1S/C10H24N2O2S/c1-4-7-8-9-10-11-15(13,14)12(5-2)6-3/h11H,4-10H2,1-3H3. The predicted octanol–water partition coefficient (Wildman–Crippen LogP) is 1.74. The Balaban J connectivity index is 3.83. The van der Waals surface area contributed by atoms with Crippen LogP contribution in [0.4, 0.5) is 0 Å². The van der Waals surface area contributed by atoms with Crippen molar-refractivity contribution in [2.24, 2.45) is 0 Å². The Morgan fingerprint density at radius 3 is 2.07 bits per heavy atom. The number of nitrogens with zero attached hydrogens (tertiary/aromatic N) is 1. The summed E-state index contributed by atoms with van der Waals surface area (Å²) in [5.74, 6) is 0. The van der Waals surface area contributed by atoms with E-state index in [2.05, 4.69) is 11.6 Å². The van der Waals surface area contributed by atoms with Gasteiger partial charge in [0, 0.05) is 19.6 Å². The number of nitrogens with one attached hydrogen (secondary N) is 1. The number of unbranched alkanes of at least 4 members (excludes halogenated alkanes) is 3. The van der Waals surface area contributed by atoms with E-state index in [1.807, 2.05) is 13.8 Å². The van der Waals surface area contributed by atoms with Crippen LogP contribution in [0.3, 0.4) is 0 Å². The quantitative estimate of drug-likeness (QED) is 0.620. The third-order valence-corrected chi connectivity index (χ3v) is 4.13. The molecule has 0 saturated heterocycles. The molecule has 0 aromatic heterocycles. The first-order chi connectivity index (χ1) is 7.08. The summed E-state index contributed by atoms with van der Waals surface area (Å²) in [4.78, 5) is 0. The van der Waals surface area contributed by atoms with Crippen LogP contribution in [0.1, 0.15) is 46.5 Å². The number of hydrogen-bond acceptors (Lipinski definition) is 2. The van der Waals surface area contributed by atoms with E-state index in [4.69, 9.17) is 0 Å². The lowest BCUT2D eigenvalue weighted by atomic mass is 10.2. The fourth-order valence-electron chi connectivity index (χ4n) is 1.41. The van der Waals surface area contributed by atoms with Crippen molar-refractivity contribution in [2.75, 3.05) is 19.6 Å². The van der Waals surface area contributed by atoms with Crippen molar-refractivity contribution < 1.29 is 8.42 Å². The first-order valence-electron chi connectivity index (χ1n) is 5.83.